The molecular formula is C16H26O8. The van der Waals surface area contributed by atoms with E-state index >= 15 is 0 Å². The molecule has 1 heterocycles. The number of aliphatic hydroxyl groups is 1. The zero-order chi connectivity index (χ0) is 18.3. The minimum absolute atomic E-state index is 0.00675. The van der Waals surface area contributed by atoms with Crippen molar-refractivity contribution < 1.29 is 38.4 Å². The van der Waals surface area contributed by atoms with Crippen molar-refractivity contribution in [1.82, 2.24) is 0 Å². The van der Waals surface area contributed by atoms with Gasteiger partial charge in [-0.25, -0.2) is 0 Å². The van der Waals surface area contributed by atoms with Crippen LogP contribution in [0.4, 0.5) is 0 Å². The van der Waals surface area contributed by atoms with Crippen LogP contribution in [0.2, 0.25) is 0 Å². The number of carbonyl (C=O) groups is 3. The van der Waals surface area contributed by atoms with E-state index in [9.17, 15) is 14.4 Å². The summed E-state index contributed by atoms with van der Waals surface area (Å²) < 4.78 is 21.6. The van der Waals surface area contributed by atoms with E-state index in [1.54, 1.807) is 0 Å². The SMILES string of the molecule is CC(=O)OCC1OC(CCCO)C(C)C(OC(C)=O)[C@@H]1OC(C)=O. The van der Waals surface area contributed by atoms with E-state index in [0.717, 1.165) is 0 Å². The molecule has 8 heteroatoms. The zero-order valence-corrected chi connectivity index (χ0v) is 14.5. The van der Waals surface area contributed by atoms with E-state index in [2.05, 4.69) is 0 Å². The van der Waals surface area contributed by atoms with Crippen LogP contribution in [0.3, 0.4) is 0 Å². The summed E-state index contributed by atoms with van der Waals surface area (Å²) in [5, 5.41) is 9.03. The first-order valence-electron chi connectivity index (χ1n) is 8.00. The fraction of sp³-hybridized carbons (Fsp3) is 0.812. The van der Waals surface area contributed by atoms with Gasteiger partial charge >= 0.3 is 17.9 Å². The summed E-state index contributed by atoms with van der Waals surface area (Å²) in [6, 6.07) is 0. The van der Waals surface area contributed by atoms with Crippen LogP contribution in [0.15, 0.2) is 0 Å². The van der Waals surface area contributed by atoms with Crippen molar-refractivity contribution in [3.8, 4) is 0 Å². The summed E-state index contributed by atoms with van der Waals surface area (Å²) in [7, 11) is 0. The zero-order valence-electron chi connectivity index (χ0n) is 14.5. The van der Waals surface area contributed by atoms with Crippen LogP contribution >= 0.6 is 0 Å². The van der Waals surface area contributed by atoms with Gasteiger partial charge in [-0.1, -0.05) is 6.92 Å². The summed E-state index contributed by atoms with van der Waals surface area (Å²) in [6.45, 7) is 5.50. The molecule has 0 bridgehead atoms. The maximum atomic E-state index is 11.5. The Morgan fingerprint density at radius 2 is 1.54 bits per heavy atom. The van der Waals surface area contributed by atoms with Gasteiger partial charge in [0, 0.05) is 33.3 Å². The molecule has 0 aliphatic carbocycles. The minimum Gasteiger partial charge on any atom is -0.463 e. The molecule has 1 saturated heterocycles. The predicted molar refractivity (Wildman–Crippen MR) is 81.9 cm³/mol. The molecular weight excluding hydrogens is 320 g/mol. The van der Waals surface area contributed by atoms with Gasteiger partial charge in [-0.15, -0.1) is 0 Å². The number of hydrogen-bond donors (Lipinski definition) is 1. The highest BCUT2D eigenvalue weighted by Crippen LogP contribution is 2.32. The first-order valence-corrected chi connectivity index (χ1v) is 8.00. The topological polar surface area (TPSA) is 108 Å². The fourth-order valence-electron chi connectivity index (χ4n) is 2.81. The third-order valence-electron chi connectivity index (χ3n) is 3.85. The predicted octanol–water partition coefficient (Wildman–Crippen LogP) is 0.589. The average molecular weight is 346 g/mol. The van der Waals surface area contributed by atoms with Crippen molar-refractivity contribution in [2.24, 2.45) is 5.92 Å². The normalized spacial score (nSPS) is 29.6. The third kappa shape index (κ3) is 6.09. The maximum absolute atomic E-state index is 11.5. The molecule has 0 radical (unpaired) electrons. The summed E-state index contributed by atoms with van der Waals surface area (Å²) >= 11 is 0. The number of ether oxygens (including phenoxy) is 4. The maximum Gasteiger partial charge on any atom is 0.303 e. The molecule has 0 aromatic rings. The Morgan fingerprint density at radius 3 is 2.04 bits per heavy atom. The molecule has 0 aromatic carbocycles. The van der Waals surface area contributed by atoms with Gasteiger partial charge in [-0.05, 0) is 12.8 Å². The van der Waals surface area contributed by atoms with E-state index < -0.39 is 36.2 Å². The molecule has 1 fully saturated rings. The van der Waals surface area contributed by atoms with Crippen LogP contribution in [0.5, 0.6) is 0 Å². The first kappa shape index (κ1) is 20.4. The molecule has 1 aliphatic heterocycles. The van der Waals surface area contributed by atoms with Crippen molar-refractivity contribution in [3.05, 3.63) is 0 Å². The molecule has 1 N–H and O–H groups in total. The van der Waals surface area contributed by atoms with Crippen LogP contribution in [0.25, 0.3) is 0 Å². The van der Waals surface area contributed by atoms with Crippen molar-refractivity contribution in [1.29, 1.82) is 0 Å². The second kappa shape index (κ2) is 9.58. The first-order chi connectivity index (χ1) is 11.3. The summed E-state index contributed by atoms with van der Waals surface area (Å²) in [4.78, 5) is 34.0. The molecule has 0 saturated carbocycles. The van der Waals surface area contributed by atoms with Gasteiger partial charge < -0.3 is 24.1 Å². The van der Waals surface area contributed by atoms with Crippen LogP contribution in [-0.4, -0.2) is 60.6 Å². The van der Waals surface area contributed by atoms with Crippen molar-refractivity contribution >= 4 is 17.9 Å². The summed E-state index contributed by atoms with van der Waals surface area (Å²) in [6.07, 6.45) is -1.61. The van der Waals surface area contributed by atoms with Gasteiger partial charge in [-0.3, -0.25) is 14.4 Å². The molecule has 0 spiro atoms. The molecule has 138 valence electrons. The van der Waals surface area contributed by atoms with Crippen molar-refractivity contribution in [3.63, 3.8) is 0 Å². The van der Waals surface area contributed by atoms with Crippen LogP contribution in [0.1, 0.15) is 40.5 Å². The van der Waals surface area contributed by atoms with E-state index in [-0.39, 0.29) is 25.2 Å². The Labute approximate surface area is 141 Å². The molecule has 0 aromatic heterocycles. The Morgan fingerprint density at radius 1 is 0.958 bits per heavy atom. The number of carbonyl (C=O) groups excluding carboxylic acids is 3. The Hall–Kier alpha value is -1.67. The largest absolute Gasteiger partial charge is 0.463 e. The molecule has 8 nitrogen and oxygen atoms in total. The van der Waals surface area contributed by atoms with E-state index in [1.807, 2.05) is 6.92 Å². The second-order valence-corrected chi connectivity index (χ2v) is 5.89. The molecule has 5 atom stereocenters. The van der Waals surface area contributed by atoms with Gasteiger partial charge in [0.1, 0.15) is 18.8 Å². The monoisotopic (exact) mass is 346 g/mol. The van der Waals surface area contributed by atoms with E-state index in [1.165, 1.54) is 20.8 Å². The number of esters is 3. The third-order valence-corrected chi connectivity index (χ3v) is 3.85. The molecule has 24 heavy (non-hydrogen) atoms. The minimum atomic E-state index is -0.869. The molecule has 4 unspecified atom stereocenters. The molecule has 0 amide bonds. The smallest absolute Gasteiger partial charge is 0.303 e. The Balaban J connectivity index is 3.01. The summed E-state index contributed by atoms with van der Waals surface area (Å²) in [5.41, 5.74) is 0. The molecule has 1 aliphatic rings. The van der Waals surface area contributed by atoms with Gasteiger partial charge in [0.15, 0.2) is 6.10 Å². The van der Waals surface area contributed by atoms with Gasteiger partial charge in [0.05, 0.1) is 6.10 Å². The lowest BCUT2D eigenvalue weighted by Crippen LogP contribution is -2.57. The quantitative estimate of drug-likeness (QED) is 0.527. The molecule has 1 rings (SSSR count). The number of hydrogen-bond acceptors (Lipinski definition) is 8. The van der Waals surface area contributed by atoms with E-state index in [0.29, 0.717) is 12.8 Å². The number of rotatable bonds is 7. The standard InChI is InChI=1S/C16H26O8/c1-9-13(6-5-7-17)24-14(8-21-10(2)18)16(23-12(4)20)15(9)22-11(3)19/h9,13-17H,5-8H2,1-4H3/t9?,13?,14?,15?,16-/m1/s1. The van der Waals surface area contributed by atoms with Crippen LogP contribution in [-0.2, 0) is 33.3 Å². The Bertz CT molecular complexity index is 449. The highest BCUT2D eigenvalue weighted by molar-refractivity contribution is 5.67. The van der Waals surface area contributed by atoms with Crippen LogP contribution < -0.4 is 0 Å². The van der Waals surface area contributed by atoms with Gasteiger partial charge in [0.25, 0.3) is 0 Å². The number of aliphatic hydroxyl groups excluding tert-OH is 1. The average Bonchev–Trinajstić information content (AvgIpc) is 2.48. The lowest BCUT2D eigenvalue weighted by molar-refractivity contribution is -0.232. The highest BCUT2D eigenvalue weighted by atomic mass is 16.6. The fourth-order valence-corrected chi connectivity index (χ4v) is 2.81. The summed E-state index contributed by atoms with van der Waals surface area (Å²) in [5.74, 6) is -1.79. The van der Waals surface area contributed by atoms with E-state index in [4.69, 9.17) is 24.1 Å². The Kier molecular flexibility index (Phi) is 8.14. The lowest BCUT2D eigenvalue weighted by atomic mass is 9.85. The second-order valence-electron chi connectivity index (χ2n) is 5.89. The van der Waals surface area contributed by atoms with Crippen LogP contribution in [0, 0.1) is 5.92 Å². The highest BCUT2D eigenvalue weighted by Gasteiger charge is 2.47. The lowest BCUT2D eigenvalue weighted by Gasteiger charge is -2.44. The van der Waals surface area contributed by atoms with Gasteiger partial charge in [0.2, 0.25) is 0 Å². The van der Waals surface area contributed by atoms with Crippen molar-refractivity contribution in [2.45, 2.75) is 65.0 Å². The van der Waals surface area contributed by atoms with Gasteiger partial charge in [-0.2, -0.15) is 0 Å². The van der Waals surface area contributed by atoms with Crippen molar-refractivity contribution in [2.75, 3.05) is 13.2 Å².